The van der Waals surface area contributed by atoms with Gasteiger partial charge in [-0.1, -0.05) is 17.3 Å². The first-order valence-electron chi connectivity index (χ1n) is 6.61. The van der Waals surface area contributed by atoms with Gasteiger partial charge < -0.3 is 14.5 Å². The fraction of sp³-hybridized carbons (Fsp3) is 0. The number of H-pyrrole nitrogens is 2. The van der Waals surface area contributed by atoms with Gasteiger partial charge in [-0.15, -0.1) is 0 Å². The highest BCUT2D eigenvalue weighted by molar-refractivity contribution is 5.94. The molecule has 6 nitrogen and oxygen atoms in total. The lowest BCUT2D eigenvalue weighted by Gasteiger charge is -2.03. The second-order valence-electron chi connectivity index (χ2n) is 4.83. The summed E-state index contributed by atoms with van der Waals surface area (Å²) >= 11 is 0. The van der Waals surface area contributed by atoms with Crippen LogP contribution in [0.2, 0.25) is 0 Å². The fourth-order valence-electron chi connectivity index (χ4n) is 2.46. The van der Waals surface area contributed by atoms with Crippen molar-refractivity contribution in [3.8, 4) is 22.5 Å². The lowest BCUT2D eigenvalue weighted by atomic mass is 10.0. The summed E-state index contributed by atoms with van der Waals surface area (Å²) in [4.78, 5) is 21.1. The average molecular weight is 314 g/mol. The third kappa shape index (κ3) is 1.95. The number of fused-ring (bicyclic) bond motifs is 1. The summed E-state index contributed by atoms with van der Waals surface area (Å²) in [6.07, 6.45) is 4.05. The van der Waals surface area contributed by atoms with E-state index >= 15 is 0 Å². The van der Waals surface area contributed by atoms with Crippen molar-refractivity contribution in [3.05, 3.63) is 58.9 Å². The summed E-state index contributed by atoms with van der Waals surface area (Å²) in [5.41, 5.74) is 0.972. The van der Waals surface area contributed by atoms with Crippen LogP contribution in [-0.2, 0) is 0 Å². The molecule has 0 spiro atoms. The first-order chi connectivity index (χ1) is 11.2. The Labute approximate surface area is 126 Å². The first-order valence-corrected chi connectivity index (χ1v) is 6.61. The van der Waals surface area contributed by atoms with E-state index in [1.165, 1.54) is 30.9 Å². The van der Waals surface area contributed by atoms with E-state index < -0.39 is 11.6 Å². The van der Waals surface area contributed by atoms with E-state index in [2.05, 4.69) is 20.1 Å². The van der Waals surface area contributed by atoms with Crippen LogP contribution in [0.25, 0.3) is 33.5 Å². The Morgan fingerprint density at radius 3 is 2.83 bits per heavy atom. The number of aromatic amines is 2. The number of nitrogens with one attached hydrogen (secondary N) is 2. The largest absolute Gasteiger partial charge is 0.355 e. The number of hydrogen-bond donors (Lipinski definition) is 2. The normalized spacial score (nSPS) is 11.2. The molecule has 0 saturated carbocycles. The van der Waals surface area contributed by atoms with Crippen LogP contribution in [0.4, 0.5) is 8.78 Å². The molecule has 23 heavy (non-hydrogen) atoms. The van der Waals surface area contributed by atoms with E-state index in [9.17, 15) is 13.6 Å². The molecule has 0 amide bonds. The van der Waals surface area contributed by atoms with E-state index in [4.69, 9.17) is 4.52 Å². The second-order valence-corrected chi connectivity index (χ2v) is 4.83. The van der Waals surface area contributed by atoms with Gasteiger partial charge in [0.25, 0.3) is 5.56 Å². The van der Waals surface area contributed by atoms with Crippen molar-refractivity contribution in [1.29, 1.82) is 0 Å². The summed E-state index contributed by atoms with van der Waals surface area (Å²) in [6.45, 7) is 0. The summed E-state index contributed by atoms with van der Waals surface area (Å²) in [5, 5.41) is 3.66. The third-order valence-corrected chi connectivity index (χ3v) is 3.53. The minimum atomic E-state index is -0.998. The Morgan fingerprint density at radius 1 is 1.09 bits per heavy atom. The molecule has 0 aliphatic rings. The average Bonchev–Trinajstić information content (AvgIpc) is 3.16. The van der Waals surface area contributed by atoms with Crippen LogP contribution < -0.4 is 5.56 Å². The molecule has 3 heterocycles. The van der Waals surface area contributed by atoms with Crippen LogP contribution in [0.15, 0.2) is 46.2 Å². The molecular formula is C15H8F2N4O2. The van der Waals surface area contributed by atoms with Gasteiger partial charge >= 0.3 is 0 Å². The van der Waals surface area contributed by atoms with Crippen LogP contribution in [0.3, 0.4) is 0 Å². The molecule has 0 aliphatic heterocycles. The van der Waals surface area contributed by atoms with Gasteiger partial charge in [-0.2, -0.15) is 0 Å². The van der Waals surface area contributed by atoms with Crippen molar-refractivity contribution >= 4 is 11.0 Å². The van der Waals surface area contributed by atoms with E-state index in [0.29, 0.717) is 11.1 Å². The predicted molar refractivity (Wildman–Crippen MR) is 77.6 cm³/mol. The van der Waals surface area contributed by atoms with Crippen LogP contribution in [0.5, 0.6) is 0 Å². The van der Waals surface area contributed by atoms with Gasteiger partial charge in [0.1, 0.15) is 11.0 Å². The summed E-state index contributed by atoms with van der Waals surface area (Å²) in [7, 11) is 0. The van der Waals surface area contributed by atoms with Crippen LogP contribution in [-0.4, -0.2) is 20.1 Å². The molecule has 114 valence electrons. The summed E-state index contributed by atoms with van der Waals surface area (Å²) in [5.74, 6) is -1.77. The smallest absolute Gasteiger partial charge is 0.275 e. The molecule has 0 fully saturated rings. The Bertz CT molecular complexity index is 1080. The van der Waals surface area contributed by atoms with Crippen molar-refractivity contribution in [2.45, 2.75) is 0 Å². The van der Waals surface area contributed by atoms with Gasteiger partial charge in [0.2, 0.25) is 0 Å². The number of halogens is 2. The van der Waals surface area contributed by atoms with Gasteiger partial charge in [-0.05, 0) is 6.07 Å². The Kier molecular flexibility index (Phi) is 2.83. The molecule has 0 unspecified atom stereocenters. The number of aromatic nitrogens is 4. The van der Waals surface area contributed by atoms with Crippen molar-refractivity contribution < 1.29 is 13.3 Å². The van der Waals surface area contributed by atoms with Crippen LogP contribution in [0.1, 0.15) is 0 Å². The Hall–Kier alpha value is -3.29. The topological polar surface area (TPSA) is 87.6 Å². The lowest BCUT2D eigenvalue weighted by Crippen LogP contribution is -2.05. The van der Waals surface area contributed by atoms with Gasteiger partial charge in [0.15, 0.2) is 17.4 Å². The molecule has 0 aliphatic carbocycles. The molecule has 0 saturated heterocycles. The van der Waals surface area contributed by atoms with Gasteiger partial charge in [-0.3, -0.25) is 4.79 Å². The molecule has 0 atom stereocenters. The maximum absolute atomic E-state index is 14.0. The maximum atomic E-state index is 14.0. The number of benzene rings is 1. The fourth-order valence-corrected chi connectivity index (χ4v) is 2.46. The highest BCUT2D eigenvalue weighted by atomic mass is 19.2. The Balaban J connectivity index is 1.98. The molecule has 4 rings (SSSR count). The van der Waals surface area contributed by atoms with E-state index in [1.54, 1.807) is 0 Å². The zero-order valence-corrected chi connectivity index (χ0v) is 11.4. The standard InChI is InChI=1S/C15H8F2N4O2/c16-10-3-1-2-7(11(10)17)8-5-21-23-14(8)9-4-18-13-12(9)19-6-20-15(13)22/h1-6,18H,(H,19,20,22). The van der Waals surface area contributed by atoms with Crippen LogP contribution in [0, 0.1) is 11.6 Å². The second kappa shape index (κ2) is 4.87. The SMILES string of the molecule is O=c1[nH]cnc2c(-c3oncc3-c3cccc(F)c3F)c[nH]c12. The van der Waals surface area contributed by atoms with E-state index in [-0.39, 0.29) is 28.0 Å². The molecular weight excluding hydrogens is 306 g/mol. The van der Waals surface area contributed by atoms with E-state index in [1.807, 2.05) is 0 Å². The highest BCUT2D eigenvalue weighted by Gasteiger charge is 2.21. The molecule has 3 aromatic heterocycles. The van der Waals surface area contributed by atoms with E-state index in [0.717, 1.165) is 6.07 Å². The predicted octanol–water partition coefficient (Wildman–Crippen LogP) is 2.85. The molecule has 4 aromatic rings. The number of nitrogens with zero attached hydrogens (tertiary/aromatic N) is 2. The highest BCUT2D eigenvalue weighted by Crippen LogP contribution is 2.36. The van der Waals surface area contributed by atoms with Crippen molar-refractivity contribution in [2.75, 3.05) is 0 Å². The maximum Gasteiger partial charge on any atom is 0.275 e. The summed E-state index contributed by atoms with van der Waals surface area (Å²) < 4.78 is 32.7. The van der Waals surface area contributed by atoms with Crippen molar-refractivity contribution in [3.63, 3.8) is 0 Å². The van der Waals surface area contributed by atoms with Crippen molar-refractivity contribution in [1.82, 2.24) is 20.1 Å². The molecule has 0 bridgehead atoms. The summed E-state index contributed by atoms with van der Waals surface area (Å²) in [6, 6.07) is 3.84. The van der Waals surface area contributed by atoms with Gasteiger partial charge in [0, 0.05) is 11.8 Å². The molecule has 0 radical (unpaired) electrons. The number of rotatable bonds is 2. The third-order valence-electron chi connectivity index (χ3n) is 3.53. The quantitative estimate of drug-likeness (QED) is 0.595. The van der Waals surface area contributed by atoms with Crippen molar-refractivity contribution in [2.24, 2.45) is 0 Å². The molecule has 2 N–H and O–H groups in total. The molecule has 8 heteroatoms. The zero-order chi connectivity index (χ0) is 16.0. The zero-order valence-electron chi connectivity index (χ0n) is 11.4. The van der Waals surface area contributed by atoms with Gasteiger partial charge in [-0.25, -0.2) is 13.8 Å². The minimum Gasteiger partial charge on any atom is -0.355 e. The monoisotopic (exact) mass is 314 g/mol. The van der Waals surface area contributed by atoms with Crippen LogP contribution >= 0.6 is 0 Å². The number of hydrogen-bond acceptors (Lipinski definition) is 4. The molecule has 1 aromatic carbocycles. The first kappa shape index (κ1) is 13.4. The Morgan fingerprint density at radius 2 is 1.96 bits per heavy atom. The lowest BCUT2D eigenvalue weighted by molar-refractivity contribution is 0.432. The minimum absolute atomic E-state index is 0.0143. The van der Waals surface area contributed by atoms with Gasteiger partial charge in [0.05, 0.1) is 23.7 Å².